The SMILES string of the molecule is CCCCCCCC#Cc1ccc(OC(C)(C)C)cc1. The summed E-state index contributed by atoms with van der Waals surface area (Å²) in [7, 11) is 0. The molecule has 1 aromatic carbocycles. The monoisotopic (exact) mass is 272 g/mol. The van der Waals surface area contributed by atoms with Crippen molar-refractivity contribution in [1.29, 1.82) is 0 Å². The van der Waals surface area contributed by atoms with Crippen LogP contribution in [0.1, 0.15) is 71.8 Å². The lowest BCUT2D eigenvalue weighted by atomic mass is 10.1. The highest BCUT2D eigenvalue weighted by atomic mass is 16.5. The van der Waals surface area contributed by atoms with Crippen LogP contribution in [0.3, 0.4) is 0 Å². The molecule has 1 rings (SSSR count). The van der Waals surface area contributed by atoms with Crippen molar-refractivity contribution in [3.63, 3.8) is 0 Å². The number of hydrogen-bond donors (Lipinski definition) is 0. The molecule has 0 amide bonds. The lowest BCUT2D eigenvalue weighted by Gasteiger charge is -2.21. The van der Waals surface area contributed by atoms with Crippen LogP contribution in [0.2, 0.25) is 0 Å². The zero-order chi connectivity index (χ0) is 14.8. The van der Waals surface area contributed by atoms with Crippen molar-refractivity contribution in [2.24, 2.45) is 0 Å². The number of rotatable bonds is 6. The van der Waals surface area contributed by atoms with E-state index >= 15 is 0 Å². The first kappa shape index (κ1) is 16.6. The normalized spacial score (nSPS) is 10.8. The highest BCUT2D eigenvalue weighted by Gasteiger charge is 2.10. The molecule has 0 heterocycles. The van der Waals surface area contributed by atoms with Gasteiger partial charge in [0.15, 0.2) is 0 Å². The van der Waals surface area contributed by atoms with Crippen LogP contribution in [-0.2, 0) is 0 Å². The molecule has 0 saturated carbocycles. The van der Waals surface area contributed by atoms with E-state index in [0.717, 1.165) is 17.7 Å². The van der Waals surface area contributed by atoms with E-state index < -0.39 is 0 Å². The van der Waals surface area contributed by atoms with Gasteiger partial charge in [-0.2, -0.15) is 0 Å². The Morgan fingerprint density at radius 3 is 2.20 bits per heavy atom. The van der Waals surface area contributed by atoms with Gasteiger partial charge in [0.2, 0.25) is 0 Å². The molecule has 0 aliphatic heterocycles. The summed E-state index contributed by atoms with van der Waals surface area (Å²) in [6.07, 6.45) is 7.53. The van der Waals surface area contributed by atoms with Gasteiger partial charge in [-0.1, -0.05) is 44.4 Å². The maximum atomic E-state index is 5.79. The molecular weight excluding hydrogens is 244 g/mol. The molecule has 1 nitrogen and oxygen atoms in total. The summed E-state index contributed by atoms with van der Waals surface area (Å²) in [5.41, 5.74) is 0.922. The Morgan fingerprint density at radius 1 is 0.950 bits per heavy atom. The molecule has 0 saturated heterocycles. The molecule has 0 bridgehead atoms. The first-order chi connectivity index (χ1) is 9.51. The molecule has 0 spiro atoms. The van der Waals surface area contributed by atoms with E-state index in [1.807, 2.05) is 24.3 Å². The molecular formula is C19H28O. The lowest BCUT2D eigenvalue weighted by Crippen LogP contribution is -2.22. The Morgan fingerprint density at radius 2 is 1.60 bits per heavy atom. The molecule has 0 unspecified atom stereocenters. The lowest BCUT2D eigenvalue weighted by molar-refractivity contribution is 0.131. The molecule has 0 N–H and O–H groups in total. The third-order valence-corrected chi connectivity index (χ3v) is 2.92. The Balaban J connectivity index is 2.35. The Kier molecular flexibility index (Phi) is 7.23. The van der Waals surface area contributed by atoms with E-state index in [0.29, 0.717) is 0 Å². The molecule has 0 aliphatic carbocycles. The molecule has 1 aromatic rings. The number of ether oxygens (including phenoxy) is 1. The second-order valence-electron chi connectivity index (χ2n) is 6.20. The van der Waals surface area contributed by atoms with E-state index in [1.165, 1.54) is 32.1 Å². The maximum absolute atomic E-state index is 5.79. The summed E-state index contributed by atoms with van der Waals surface area (Å²) in [5.74, 6) is 7.38. The minimum Gasteiger partial charge on any atom is -0.488 e. The largest absolute Gasteiger partial charge is 0.488 e. The molecule has 0 atom stereocenters. The van der Waals surface area contributed by atoms with E-state index in [-0.39, 0.29) is 5.60 Å². The third-order valence-electron chi connectivity index (χ3n) is 2.92. The van der Waals surface area contributed by atoms with Crippen LogP contribution in [0.25, 0.3) is 0 Å². The average molecular weight is 272 g/mol. The standard InChI is InChI=1S/C19H28O/c1-5-6-7-8-9-10-11-12-17-13-15-18(16-14-17)20-19(2,3)4/h13-16H,5-10H2,1-4H3. The van der Waals surface area contributed by atoms with Gasteiger partial charge in [-0.25, -0.2) is 0 Å². The van der Waals surface area contributed by atoms with E-state index in [9.17, 15) is 0 Å². The van der Waals surface area contributed by atoms with Crippen molar-refractivity contribution in [1.82, 2.24) is 0 Å². The van der Waals surface area contributed by atoms with E-state index in [1.54, 1.807) is 0 Å². The smallest absolute Gasteiger partial charge is 0.120 e. The summed E-state index contributed by atoms with van der Waals surface area (Å²) in [6, 6.07) is 8.06. The predicted octanol–water partition coefficient (Wildman–Crippen LogP) is 5.58. The van der Waals surface area contributed by atoms with Crippen LogP contribution >= 0.6 is 0 Å². The quantitative estimate of drug-likeness (QED) is 0.485. The highest BCUT2D eigenvalue weighted by molar-refractivity contribution is 5.38. The topological polar surface area (TPSA) is 9.23 Å². The van der Waals surface area contributed by atoms with Gasteiger partial charge in [0.05, 0.1) is 0 Å². The molecule has 20 heavy (non-hydrogen) atoms. The van der Waals surface area contributed by atoms with Crippen LogP contribution in [0.15, 0.2) is 24.3 Å². The fourth-order valence-electron chi connectivity index (χ4n) is 1.94. The second-order valence-corrected chi connectivity index (χ2v) is 6.20. The Labute approximate surface area is 124 Å². The van der Waals surface area contributed by atoms with Crippen molar-refractivity contribution in [2.45, 2.75) is 71.8 Å². The fourth-order valence-corrected chi connectivity index (χ4v) is 1.94. The summed E-state index contributed by atoms with van der Waals surface area (Å²) in [6.45, 7) is 8.41. The van der Waals surface area contributed by atoms with Crippen molar-refractivity contribution >= 4 is 0 Å². The van der Waals surface area contributed by atoms with Gasteiger partial charge < -0.3 is 4.74 Å². The van der Waals surface area contributed by atoms with Crippen LogP contribution in [0.4, 0.5) is 0 Å². The Bertz CT molecular complexity index is 426. The molecule has 0 aromatic heterocycles. The molecule has 0 radical (unpaired) electrons. The van der Waals surface area contributed by atoms with Gasteiger partial charge >= 0.3 is 0 Å². The van der Waals surface area contributed by atoms with E-state index in [2.05, 4.69) is 39.5 Å². The first-order valence-electron chi connectivity index (χ1n) is 7.79. The summed E-state index contributed by atoms with van der Waals surface area (Å²) < 4.78 is 5.79. The molecule has 0 aliphatic rings. The summed E-state index contributed by atoms with van der Waals surface area (Å²) in [4.78, 5) is 0. The average Bonchev–Trinajstić information content (AvgIpc) is 2.38. The van der Waals surface area contributed by atoms with Crippen LogP contribution in [0.5, 0.6) is 5.75 Å². The van der Waals surface area contributed by atoms with Crippen molar-refractivity contribution in [2.75, 3.05) is 0 Å². The molecule has 110 valence electrons. The summed E-state index contributed by atoms with van der Waals surface area (Å²) >= 11 is 0. The minimum atomic E-state index is -0.147. The second kappa shape index (κ2) is 8.69. The number of unbranched alkanes of at least 4 members (excludes halogenated alkanes) is 5. The van der Waals surface area contributed by atoms with Gasteiger partial charge in [-0.15, -0.1) is 0 Å². The first-order valence-corrected chi connectivity index (χ1v) is 7.79. The van der Waals surface area contributed by atoms with Crippen molar-refractivity contribution in [3.8, 4) is 17.6 Å². The maximum Gasteiger partial charge on any atom is 0.120 e. The third kappa shape index (κ3) is 7.89. The number of benzene rings is 1. The van der Waals surface area contributed by atoms with Crippen LogP contribution < -0.4 is 4.74 Å². The van der Waals surface area contributed by atoms with Crippen molar-refractivity contribution < 1.29 is 4.74 Å². The number of hydrogen-bond acceptors (Lipinski definition) is 1. The zero-order valence-electron chi connectivity index (χ0n) is 13.5. The van der Waals surface area contributed by atoms with Gasteiger partial charge in [0, 0.05) is 12.0 Å². The molecule has 1 heteroatoms. The van der Waals surface area contributed by atoms with E-state index in [4.69, 9.17) is 4.74 Å². The minimum absolute atomic E-state index is 0.147. The van der Waals surface area contributed by atoms with Gasteiger partial charge in [0.1, 0.15) is 11.4 Å². The van der Waals surface area contributed by atoms with Gasteiger partial charge in [-0.3, -0.25) is 0 Å². The van der Waals surface area contributed by atoms with Crippen molar-refractivity contribution in [3.05, 3.63) is 29.8 Å². The zero-order valence-corrected chi connectivity index (χ0v) is 13.5. The summed E-state index contributed by atoms with van der Waals surface area (Å²) in [5, 5.41) is 0. The predicted molar refractivity (Wildman–Crippen MR) is 87.1 cm³/mol. The van der Waals surface area contributed by atoms with Crippen LogP contribution in [-0.4, -0.2) is 5.60 Å². The van der Waals surface area contributed by atoms with Gasteiger partial charge in [0.25, 0.3) is 0 Å². The van der Waals surface area contributed by atoms with Crippen LogP contribution in [0, 0.1) is 11.8 Å². The Hall–Kier alpha value is -1.42. The highest BCUT2D eigenvalue weighted by Crippen LogP contribution is 2.18. The fraction of sp³-hybridized carbons (Fsp3) is 0.579. The van der Waals surface area contributed by atoms with Gasteiger partial charge in [-0.05, 0) is 51.5 Å². The molecule has 0 fully saturated rings.